The van der Waals surface area contributed by atoms with Crippen molar-refractivity contribution >= 4 is 17.4 Å². The van der Waals surface area contributed by atoms with Crippen molar-refractivity contribution in [2.75, 3.05) is 0 Å². The Balaban J connectivity index is 3.27. The third-order valence-electron chi connectivity index (χ3n) is 1.24. The van der Waals surface area contributed by atoms with E-state index in [0.29, 0.717) is 0 Å². The van der Waals surface area contributed by atoms with E-state index in [-0.39, 0.29) is 16.4 Å². The van der Waals surface area contributed by atoms with E-state index in [9.17, 15) is 4.39 Å². The highest BCUT2D eigenvalue weighted by atomic mass is 35.5. The molecular formula is C7H6ClFN2. The van der Waals surface area contributed by atoms with Crippen LogP contribution in [0.3, 0.4) is 0 Å². The van der Waals surface area contributed by atoms with Crippen molar-refractivity contribution in [1.82, 2.24) is 0 Å². The van der Waals surface area contributed by atoms with Gasteiger partial charge >= 0.3 is 0 Å². The summed E-state index contributed by atoms with van der Waals surface area (Å²) < 4.78 is 12.7. The van der Waals surface area contributed by atoms with Gasteiger partial charge in [0, 0.05) is 5.56 Å². The second kappa shape index (κ2) is 2.88. The topological polar surface area (TPSA) is 49.9 Å². The SMILES string of the molecule is N=C(N)c1cccc(F)c1Cl. The Labute approximate surface area is 68.3 Å². The normalized spacial score (nSPS) is 9.64. The first kappa shape index (κ1) is 8.01. The van der Waals surface area contributed by atoms with Crippen molar-refractivity contribution < 1.29 is 4.39 Å². The second-order valence-corrected chi connectivity index (χ2v) is 2.39. The quantitative estimate of drug-likeness (QED) is 0.492. The highest BCUT2D eigenvalue weighted by Gasteiger charge is 2.06. The predicted octanol–water partition coefficient (Wildman–Crippen LogP) is 1.76. The maximum absolute atomic E-state index is 12.7. The smallest absolute Gasteiger partial charge is 0.142 e. The number of nitrogen functional groups attached to an aromatic ring is 1. The molecule has 1 aromatic rings. The number of hydrogen-bond acceptors (Lipinski definition) is 1. The Morgan fingerprint density at radius 1 is 1.55 bits per heavy atom. The van der Waals surface area contributed by atoms with Crippen LogP contribution in [0.1, 0.15) is 5.56 Å². The highest BCUT2D eigenvalue weighted by molar-refractivity contribution is 6.34. The Kier molecular flexibility index (Phi) is 2.10. The van der Waals surface area contributed by atoms with Crippen LogP contribution in [0, 0.1) is 11.2 Å². The molecule has 0 aromatic heterocycles. The average Bonchev–Trinajstić information content (AvgIpc) is 1.94. The van der Waals surface area contributed by atoms with Gasteiger partial charge in [-0.25, -0.2) is 4.39 Å². The second-order valence-electron chi connectivity index (χ2n) is 2.02. The monoisotopic (exact) mass is 172 g/mol. The molecule has 0 bridgehead atoms. The molecule has 0 radical (unpaired) electrons. The van der Waals surface area contributed by atoms with Crippen LogP contribution in [-0.2, 0) is 0 Å². The van der Waals surface area contributed by atoms with Gasteiger partial charge in [-0.3, -0.25) is 5.41 Å². The standard InChI is InChI=1S/C7H6ClFN2/c8-6-4(7(10)11)2-1-3-5(6)9/h1-3H,(H3,10,11). The fraction of sp³-hybridized carbons (Fsp3) is 0. The molecule has 1 aromatic carbocycles. The summed E-state index contributed by atoms with van der Waals surface area (Å²) in [6.07, 6.45) is 0. The molecule has 2 nitrogen and oxygen atoms in total. The van der Waals surface area contributed by atoms with Gasteiger partial charge in [-0.1, -0.05) is 17.7 Å². The lowest BCUT2D eigenvalue weighted by Crippen LogP contribution is -2.11. The molecule has 3 N–H and O–H groups in total. The predicted molar refractivity (Wildman–Crippen MR) is 42.4 cm³/mol. The van der Waals surface area contributed by atoms with Crippen LogP contribution in [0.2, 0.25) is 5.02 Å². The molecule has 58 valence electrons. The van der Waals surface area contributed by atoms with E-state index in [0.717, 1.165) is 0 Å². The molecule has 0 saturated carbocycles. The molecule has 0 aliphatic heterocycles. The van der Waals surface area contributed by atoms with Gasteiger partial charge in [0.15, 0.2) is 0 Å². The third-order valence-corrected chi connectivity index (χ3v) is 1.63. The van der Waals surface area contributed by atoms with E-state index >= 15 is 0 Å². The summed E-state index contributed by atoms with van der Waals surface area (Å²) in [6, 6.07) is 4.17. The number of benzene rings is 1. The number of nitrogens with two attached hydrogens (primary N) is 1. The van der Waals surface area contributed by atoms with Crippen LogP contribution in [-0.4, -0.2) is 5.84 Å². The van der Waals surface area contributed by atoms with E-state index in [1.54, 1.807) is 0 Å². The van der Waals surface area contributed by atoms with Crippen molar-refractivity contribution in [3.05, 3.63) is 34.6 Å². The van der Waals surface area contributed by atoms with Crippen LogP contribution in [0.25, 0.3) is 0 Å². The number of rotatable bonds is 1. The minimum Gasteiger partial charge on any atom is -0.384 e. The van der Waals surface area contributed by atoms with Gasteiger partial charge in [0.1, 0.15) is 11.7 Å². The van der Waals surface area contributed by atoms with Gasteiger partial charge in [0.25, 0.3) is 0 Å². The number of nitrogens with one attached hydrogen (secondary N) is 1. The number of halogens is 2. The Hall–Kier alpha value is -1.09. The van der Waals surface area contributed by atoms with Crippen LogP contribution < -0.4 is 5.73 Å². The molecule has 1 rings (SSSR count). The van der Waals surface area contributed by atoms with Crippen LogP contribution in [0.4, 0.5) is 4.39 Å². The first-order valence-corrected chi connectivity index (χ1v) is 3.29. The van der Waals surface area contributed by atoms with Crippen molar-refractivity contribution in [3.63, 3.8) is 0 Å². The summed E-state index contributed by atoms with van der Waals surface area (Å²) in [4.78, 5) is 0. The van der Waals surface area contributed by atoms with Crippen molar-refractivity contribution in [2.45, 2.75) is 0 Å². The van der Waals surface area contributed by atoms with Gasteiger partial charge in [-0.05, 0) is 12.1 Å². The molecule has 0 unspecified atom stereocenters. The van der Waals surface area contributed by atoms with E-state index in [1.165, 1.54) is 18.2 Å². The zero-order chi connectivity index (χ0) is 8.43. The summed E-state index contributed by atoms with van der Waals surface area (Å²) in [5.41, 5.74) is 5.34. The molecular weight excluding hydrogens is 167 g/mol. The summed E-state index contributed by atoms with van der Waals surface area (Å²) in [5.74, 6) is -0.783. The molecule has 0 amide bonds. The Morgan fingerprint density at radius 3 is 2.64 bits per heavy atom. The fourth-order valence-corrected chi connectivity index (χ4v) is 0.940. The van der Waals surface area contributed by atoms with E-state index in [1.807, 2.05) is 0 Å². The molecule has 4 heteroatoms. The van der Waals surface area contributed by atoms with Crippen molar-refractivity contribution in [1.29, 1.82) is 5.41 Å². The summed E-state index contributed by atoms with van der Waals surface area (Å²) >= 11 is 5.49. The van der Waals surface area contributed by atoms with Gasteiger partial charge in [0.05, 0.1) is 5.02 Å². The van der Waals surface area contributed by atoms with Crippen molar-refractivity contribution in [2.24, 2.45) is 5.73 Å². The molecule has 0 spiro atoms. The number of amidine groups is 1. The third kappa shape index (κ3) is 1.49. The first-order valence-electron chi connectivity index (χ1n) is 2.91. The van der Waals surface area contributed by atoms with E-state index in [4.69, 9.17) is 22.7 Å². The minimum atomic E-state index is -0.556. The molecule has 0 fully saturated rings. The van der Waals surface area contributed by atoms with Gasteiger partial charge in [0.2, 0.25) is 0 Å². The fourth-order valence-electron chi connectivity index (χ4n) is 0.712. The molecule has 0 aliphatic carbocycles. The summed E-state index contributed by atoms with van der Waals surface area (Å²) in [7, 11) is 0. The zero-order valence-electron chi connectivity index (χ0n) is 5.57. The van der Waals surface area contributed by atoms with Crippen LogP contribution >= 0.6 is 11.6 Å². The molecule has 0 atom stereocenters. The molecule has 0 saturated heterocycles. The summed E-state index contributed by atoms with van der Waals surface area (Å²) in [6.45, 7) is 0. The van der Waals surface area contributed by atoms with E-state index in [2.05, 4.69) is 0 Å². The number of hydrogen-bond donors (Lipinski definition) is 2. The lowest BCUT2D eigenvalue weighted by molar-refractivity contribution is 0.628. The largest absolute Gasteiger partial charge is 0.384 e. The Bertz CT molecular complexity index is 298. The highest BCUT2D eigenvalue weighted by Crippen LogP contribution is 2.18. The maximum Gasteiger partial charge on any atom is 0.142 e. The molecule has 11 heavy (non-hydrogen) atoms. The van der Waals surface area contributed by atoms with Gasteiger partial charge < -0.3 is 5.73 Å². The van der Waals surface area contributed by atoms with E-state index < -0.39 is 5.82 Å². The zero-order valence-corrected chi connectivity index (χ0v) is 6.32. The summed E-state index contributed by atoms with van der Waals surface area (Å²) in [5, 5.41) is 6.90. The average molecular weight is 173 g/mol. The lowest BCUT2D eigenvalue weighted by Gasteiger charge is -2.00. The van der Waals surface area contributed by atoms with Gasteiger partial charge in [-0.2, -0.15) is 0 Å². The lowest BCUT2D eigenvalue weighted by atomic mass is 10.2. The van der Waals surface area contributed by atoms with Crippen LogP contribution in [0.5, 0.6) is 0 Å². The maximum atomic E-state index is 12.7. The molecule has 0 heterocycles. The first-order chi connectivity index (χ1) is 5.13. The Morgan fingerprint density at radius 2 is 2.18 bits per heavy atom. The molecule has 0 aliphatic rings. The van der Waals surface area contributed by atoms with Gasteiger partial charge in [-0.15, -0.1) is 0 Å². The minimum absolute atomic E-state index is 0.0972. The van der Waals surface area contributed by atoms with Crippen LogP contribution in [0.15, 0.2) is 18.2 Å². The van der Waals surface area contributed by atoms with Crippen molar-refractivity contribution in [3.8, 4) is 0 Å².